The summed E-state index contributed by atoms with van der Waals surface area (Å²) in [5.41, 5.74) is 1.79. The molecular weight excluding hydrogens is 308 g/mol. The number of nitrogens with zero attached hydrogens (tertiary/aromatic N) is 1. The highest BCUT2D eigenvalue weighted by molar-refractivity contribution is 6.04. The summed E-state index contributed by atoms with van der Waals surface area (Å²) in [4.78, 5) is 26.4. The van der Waals surface area contributed by atoms with Crippen LogP contribution in [0.25, 0.3) is 5.57 Å². The van der Waals surface area contributed by atoms with Gasteiger partial charge in [-0.15, -0.1) is 0 Å². The second-order valence-corrected chi connectivity index (χ2v) is 6.04. The number of benzene rings is 1. The third kappa shape index (κ3) is 3.34. The van der Waals surface area contributed by atoms with Crippen molar-refractivity contribution in [2.45, 2.75) is 25.4 Å². The zero-order valence-electron chi connectivity index (χ0n) is 13.7. The van der Waals surface area contributed by atoms with Crippen LogP contribution in [-0.4, -0.2) is 60.1 Å². The van der Waals surface area contributed by atoms with E-state index < -0.39 is 6.04 Å². The largest absolute Gasteiger partial charge is 0.508 e. The molecule has 0 amide bonds. The number of allylic oxidation sites excluding steroid dienone is 1. The number of carbonyl (C=O) groups excluding carboxylic acids is 2. The molecule has 0 aromatic heterocycles. The van der Waals surface area contributed by atoms with Crippen molar-refractivity contribution in [3.63, 3.8) is 0 Å². The molecule has 24 heavy (non-hydrogen) atoms. The van der Waals surface area contributed by atoms with Crippen LogP contribution in [0.1, 0.15) is 18.9 Å². The first kappa shape index (κ1) is 16.7. The Kier molecular flexibility index (Phi) is 4.97. The minimum Gasteiger partial charge on any atom is -0.508 e. The first-order chi connectivity index (χ1) is 11.6. The Balaban J connectivity index is 1.87. The zero-order valence-corrected chi connectivity index (χ0v) is 13.7. The van der Waals surface area contributed by atoms with Gasteiger partial charge < -0.3 is 15.2 Å². The normalized spacial score (nSPS) is 24.7. The van der Waals surface area contributed by atoms with Crippen LogP contribution in [0.15, 0.2) is 30.3 Å². The zero-order chi connectivity index (χ0) is 17.1. The van der Waals surface area contributed by atoms with Crippen molar-refractivity contribution in [2.24, 2.45) is 0 Å². The lowest BCUT2D eigenvalue weighted by Crippen LogP contribution is -2.58. The van der Waals surface area contributed by atoms with E-state index in [9.17, 15) is 14.7 Å². The molecule has 0 bridgehead atoms. The van der Waals surface area contributed by atoms with Gasteiger partial charge in [0.1, 0.15) is 11.8 Å². The Labute approximate surface area is 141 Å². The fourth-order valence-electron chi connectivity index (χ4n) is 3.40. The second kappa shape index (κ2) is 7.15. The number of nitrogens with one attached hydrogen (secondary N) is 1. The van der Waals surface area contributed by atoms with Gasteiger partial charge >= 0.3 is 5.97 Å². The molecule has 128 valence electrons. The number of ether oxygens (including phenoxy) is 1. The molecule has 0 saturated carbocycles. The number of esters is 1. The molecule has 2 aliphatic rings. The maximum atomic E-state index is 12.3. The van der Waals surface area contributed by atoms with Crippen molar-refractivity contribution in [2.75, 3.05) is 26.2 Å². The van der Waals surface area contributed by atoms with Gasteiger partial charge in [0, 0.05) is 32.1 Å². The smallest absolute Gasteiger partial charge is 0.324 e. The van der Waals surface area contributed by atoms with Crippen molar-refractivity contribution >= 4 is 17.3 Å². The number of carbonyl (C=O) groups is 2. The molecule has 1 fully saturated rings. The molecule has 6 heteroatoms. The molecule has 1 aromatic carbocycles. The number of piperazine rings is 1. The van der Waals surface area contributed by atoms with Gasteiger partial charge in [0.25, 0.3) is 0 Å². The Morgan fingerprint density at radius 1 is 1.38 bits per heavy atom. The quantitative estimate of drug-likeness (QED) is 0.801. The average Bonchev–Trinajstić information content (AvgIpc) is 2.97. The van der Waals surface area contributed by atoms with Crippen LogP contribution in [0.5, 0.6) is 5.75 Å². The first-order valence-corrected chi connectivity index (χ1v) is 8.27. The summed E-state index contributed by atoms with van der Waals surface area (Å²) in [5.74, 6) is -0.00915. The van der Waals surface area contributed by atoms with Crippen molar-refractivity contribution in [1.82, 2.24) is 10.2 Å². The van der Waals surface area contributed by atoms with E-state index in [-0.39, 0.29) is 23.5 Å². The summed E-state index contributed by atoms with van der Waals surface area (Å²) >= 11 is 0. The number of phenolic OH excluding ortho intramolecular Hbond substituents is 1. The number of hydrogen-bond donors (Lipinski definition) is 2. The third-order valence-corrected chi connectivity index (χ3v) is 4.51. The molecule has 3 rings (SSSR count). The fourth-order valence-corrected chi connectivity index (χ4v) is 3.40. The summed E-state index contributed by atoms with van der Waals surface area (Å²) in [6.07, 6.45) is 2.02. The summed E-state index contributed by atoms with van der Waals surface area (Å²) in [6.45, 7) is 4.10. The summed E-state index contributed by atoms with van der Waals surface area (Å²) < 4.78 is 5.20. The van der Waals surface area contributed by atoms with Crippen LogP contribution in [0.2, 0.25) is 0 Å². The predicted molar refractivity (Wildman–Crippen MR) is 89.5 cm³/mol. The van der Waals surface area contributed by atoms with Gasteiger partial charge in [-0.2, -0.15) is 0 Å². The topological polar surface area (TPSA) is 78.9 Å². The molecule has 1 heterocycles. The predicted octanol–water partition coefficient (Wildman–Crippen LogP) is 0.954. The molecule has 2 atom stereocenters. The van der Waals surface area contributed by atoms with Crippen molar-refractivity contribution < 1.29 is 19.4 Å². The molecule has 0 radical (unpaired) electrons. The molecule has 1 aromatic rings. The monoisotopic (exact) mass is 330 g/mol. The number of phenols is 1. The number of hydrogen-bond acceptors (Lipinski definition) is 6. The highest BCUT2D eigenvalue weighted by Crippen LogP contribution is 2.33. The Hall–Kier alpha value is -2.18. The van der Waals surface area contributed by atoms with Gasteiger partial charge in [-0.3, -0.25) is 14.5 Å². The lowest BCUT2D eigenvalue weighted by Gasteiger charge is -2.39. The Morgan fingerprint density at radius 3 is 2.83 bits per heavy atom. The van der Waals surface area contributed by atoms with Crippen LogP contribution >= 0.6 is 0 Å². The molecule has 1 saturated heterocycles. The van der Waals surface area contributed by atoms with Gasteiger partial charge in [0.15, 0.2) is 5.78 Å². The lowest BCUT2D eigenvalue weighted by atomic mass is 9.97. The van der Waals surface area contributed by atoms with E-state index in [2.05, 4.69) is 10.2 Å². The third-order valence-electron chi connectivity index (χ3n) is 4.51. The number of ketones is 1. The molecule has 1 aliphatic carbocycles. The van der Waals surface area contributed by atoms with Gasteiger partial charge in [0.05, 0.1) is 6.61 Å². The first-order valence-electron chi connectivity index (χ1n) is 8.27. The maximum absolute atomic E-state index is 12.3. The van der Waals surface area contributed by atoms with Crippen LogP contribution in [0.3, 0.4) is 0 Å². The Morgan fingerprint density at radius 2 is 2.12 bits per heavy atom. The summed E-state index contributed by atoms with van der Waals surface area (Å²) in [6, 6.07) is 6.28. The summed E-state index contributed by atoms with van der Waals surface area (Å²) in [7, 11) is 0. The highest BCUT2D eigenvalue weighted by atomic mass is 16.5. The van der Waals surface area contributed by atoms with Crippen LogP contribution in [-0.2, 0) is 14.3 Å². The molecule has 2 N–H and O–H groups in total. The average molecular weight is 330 g/mol. The SMILES string of the molecule is CCOC(=O)C1CNCCN1C1CC(=O)C=C1c1ccc(O)cc1. The standard InChI is InChI=1S/C18H22N2O4/c1-2-24-18(23)17-11-19-7-8-20(17)16-10-14(22)9-15(16)12-3-5-13(21)6-4-12/h3-6,9,16-17,19,21H,2,7-8,10-11H2,1H3. The van der Waals surface area contributed by atoms with Gasteiger partial charge in [-0.1, -0.05) is 12.1 Å². The van der Waals surface area contributed by atoms with E-state index in [4.69, 9.17) is 4.74 Å². The van der Waals surface area contributed by atoms with Crippen molar-refractivity contribution in [3.05, 3.63) is 35.9 Å². The van der Waals surface area contributed by atoms with Gasteiger partial charge in [-0.25, -0.2) is 0 Å². The Bertz CT molecular complexity index is 653. The fraction of sp³-hybridized carbons (Fsp3) is 0.444. The van der Waals surface area contributed by atoms with E-state index in [1.54, 1.807) is 37.3 Å². The van der Waals surface area contributed by atoms with E-state index in [1.807, 2.05) is 0 Å². The minimum absolute atomic E-state index is 0.0595. The molecule has 2 unspecified atom stereocenters. The minimum atomic E-state index is -0.393. The second-order valence-electron chi connectivity index (χ2n) is 6.04. The van der Waals surface area contributed by atoms with Gasteiger partial charge in [0.2, 0.25) is 0 Å². The van der Waals surface area contributed by atoms with E-state index >= 15 is 0 Å². The number of rotatable bonds is 4. The lowest BCUT2D eigenvalue weighted by molar-refractivity contribution is -0.151. The summed E-state index contributed by atoms with van der Waals surface area (Å²) in [5, 5.41) is 12.7. The molecular formula is C18H22N2O4. The number of aromatic hydroxyl groups is 1. The van der Waals surface area contributed by atoms with Crippen LogP contribution < -0.4 is 5.32 Å². The van der Waals surface area contributed by atoms with E-state index in [1.165, 1.54) is 0 Å². The maximum Gasteiger partial charge on any atom is 0.324 e. The molecule has 6 nitrogen and oxygen atoms in total. The van der Waals surface area contributed by atoms with Crippen LogP contribution in [0.4, 0.5) is 0 Å². The van der Waals surface area contributed by atoms with Crippen molar-refractivity contribution in [3.8, 4) is 5.75 Å². The highest BCUT2D eigenvalue weighted by Gasteiger charge is 2.39. The van der Waals surface area contributed by atoms with E-state index in [0.29, 0.717) is 26.1 Å². The van der Waals surface area contributed by atoms with Crippen LogP contribution in [0, 0.1) is 0 Å². The van der Waals surface area contributed by atoms with E-state index in [0.717, 1.165) is 17.7 Å². The molecule has 0 spiro atoms. The van der Waals surface area contributed by atoms with Crippen molar-refractivity contribution in [1.29, 1.82) is 0 Å². The molecule has 1 aliphatic heterocycles. The van der Waals surface area contributed by atoms with Gasteiger partial charge in [-0.05, 0) is 36.3 Å².